The monoisotopic (exact) mass is 251 g/mol. The van der Waals surface area contributed by atoms with E-state index >= 15 is 0 Å². The summed E-state index contributed by atoms with van der Waals surface area (Å²) in [5.41, 5.74) is 5.59. The zero-order valence-corrected chi connectivity index (χ0v) is 10.5. The largest absolute Gasteiger partial charge is 0.468 e. The van der Waals surface area contributed by atoms with E-state index in [0.29, 0.717) is 5.56 Å². The number of halogens is 1. The lowest BCUT2D eigenvalue weighted by Crippen LogP contribution is -2.52. The lowest BCUT2D eigenvalue weighted by molar-refractivity contribution is -0.151. The van der Waals surface area contributed by atoms with E-state index in [0.717, 1.165) is 19.3 Å². The number of rotatable bonds is 4. The number of esters is 1. The van der Waals surface area contributed by atoms with Crippen molar-refractivity contribution in [1.29, 1.82) is 0 Å². The quantitative estimate of drug-likeness (QED) is 0.833. The minimum Gasteiger partial charge on any atom is -0.468 e. The highest BCUT2D eigenvalue weighted by Gasteiger charge is 2.49. The van der Waals surface area contributed by atoms with Crippen LogP contribution in [0.1, 0.15) is 24.8 Å². The van der Waals surface area contributed by atoms with Crippen molar-refractivity contribution in [2.45, 2.75) is 24.7 Å². The van der Waals surface area contributed by atoms with Crippen molar-refractivity contribution in [3.8, 4) is 0 Å². The molecule has 1 saturated carbocycles. The molecule has 1 aliphatic rings. The van der Waals surface area contributed by atoms with Crippen LogP contribution in [0.5, 0.6) is 0 Å². The number of nitrogens with two attached hydrogens (primary N) is 1. The number of benzene rings is 1. The fraction of sp³-hybridized carbons (Fsp3) is 0.500. The first kappa shape index (κ1) is 13.0. The predicted molar refractivity (Wildman–Crippen MR) is 66.5 cm³/mol. The smallest absolute Gasteiger partial charge is 0.317 e. The molecule has 1 atom stereocenters. The highest BCUT2D eigenvalue weighted by Crippen LogP contribution is 2.44. The van der Waals surface area contributed by atoms with E-state index < -0.39 is 5.41 Å². The highest BCUT2D eigenvalue weighted by atomic mass is 19.1. The van der Waals surface area contributed by atoms with Crippen LogP contribution in [0.25, 0.3) is 0 Å². The van der Waals surface area contributed by atoms with Crippen molar-refractivity contribution >= 4 is 5.97 Å². The predicted octanol–water partition coefficient (Wildman–Crippen LogP) is 2.00. The van der Waals surface area contributed by atoms with Crippen molar-refractivity contribution in [1.82, 2.24) is 0 Å². The van der Waals surface area contributed by atoms with Gasteiger partial charge in [0, 0.05) is 6.54 Å². The molecule has 1 unspecified atom stereocenters. The standard InChI is InChI=1S/C14H18FNO2/c1-18-13(17)14(9-16,10-4-2-5-10)11-6-3-7-12(15)8-11/h3,6-8,10H,2,4-5,9,16H2,1H3. The van der Waals surface area contributed by atoms with Crippen LogP contribution in [0.4, 0.5) is 4.39 Å². The van der Waals surface area contributed by atoms with E-state index in [1.165, 1.54) is 19.2 Å². The fourth-order valence-electron chi connectivity index (χ4n) is 2.74. The van der Waals surface area contributed by atoms with Crippen LogP contribution in [-0.2, 0) is 14.9 Å². The molecule has 1 aromatic carbocycles. The molecule has 0 bridgehead atoms. The molecule has 0 aliphatic heterocycles. The van der Waals surface area contributed by atoms with Crippen molar-refractivity contribution in [3.05, 3.63) is 35.6 Å². The van der Waals surface area contributed by atoms with E-state index in [1.54, 1.807) is 12.1 Å². The third-order valence-electron chi connectivity index (χ3n) is 4.01. The number of hydrogen-bond acceptors (Lipinski definition) is 3. The number of carbonyl (C=O) groups excluding carboxylic acids is 1. The third kappa shape index (κ3) is 1.90. The molecule has 18 heavy (non-hydrogen) atoms. The maximum Gasteiger partial charge on any atom is 0.317 e. The number of ether oxygens (including phenoxy) is 1. The van der Waals surface area contributed by atoms with E-state index in [-0.39, 0.29) is 24.2 Å². The zero-order chi connectivity index (χ0) is 13.2. The van der Waals surface area contributed by atoms with Gasteiger partial charge < -0.3 is 10.5 Å². The van der Waals surface area contributed by atoms with Gasteiger partial charge in [0.05, 0.1) is 7.11 Å². The van der Waals surface area contributed by atoms with Crippen molar-refractivity contribution in [2.75, 3.05) is 13.7 Å². The van der Waals surface area contributed by atoms with Crippen molar-refractivity contribution in [3.63, 3.8) is 0 Å². The Hall–Kier alpha value is -1.42. The van der Waals surface area contributed by atoms with Crippen molar-refractivity contribution < 1.29 is 13.9 Å². The molecule has 1 aliphatic carbocycles. The van der Waals surface area contributed by atoms with Gasteiger partial charge in [-0.2, -0.15) is 0 Å². The number of methoxy groups -OCH3 is 1. The van der Waals surface area contributed by atoms with Gasteiger partial charge >= 0.3 is 5.97 Å². The maximum atomic E-state index is 13.4. The third-order valence-corrected chi connectivity index (χ3v) is 4.01. The fourth-order valence-corrected chi connectivity index (χ4v) is 2.74. The molecular weight excluding hydrogens is 233 g/mol. The second kappa shape index (κ2) is 5.06. The van der Waals surface area contributed by atoms with E-state index in [9.17, 15) is 9.18 Å². The lowest BCUT2D eigenvalue weighted by atomic mass is 9.62. The van der Waals surface area contributed by atoms with Gasteiger partial charge in [-0.1, -0.05) is 18.6 Å². The van der Waals surface area contributed by atoms with Gasteiger partial charge in [0.25, 0.3) is 0 Å². The molecule has 4 heteroatoms. The lowest BCUT2D eigenvalue weighted by Gasteiger charge is -2.42. The molecule has 0 aromatic heterocycles. The van der Waals surface area contributed by atoms with Crippen LogP contribution in [0.2, 0.25) is 0 Å². The molecular formula is C14H18FNO2. The van der Waals surface area contributed by atoms with Crippen molar-refractivity contribution in [2.24, 2.45) is 11.7 Å². The van der Waals surface area contributed by atoms with Crippen LogP contribution in [0.3, 0.4) is 0 Å². The van der Waals surface area contributed by atoms with Gasteiger partial charge in [-0.3, -0.25) is 4.79 Å². The molecule has 1 aromatic rings. The Kier molecular flexibility index (Phi) is 3.66. The Morgan fingerprint density at radius 3 is 2.72 bits per heavy atom. The first-order chi connectivity index (χ1) is 8.65. The Morgan fingerprint density at radius 2 is 2.28 bits per heavy atom. The molecule has 0 radical (unpaired) electrons. The minimum absolute atomic E-state index is 0.147. The molecule has 2 rings (SSSR count). The molecule has 0 amide bonds. The molecule has 0 saturated heterocycles. The molecule has 3 nitrogen and oxygen atoms in total. The average molecular weight is 251 g/mol. The van der Waals surface area contributed by atoms with E-state index in [2.05, 4.69) is 0 Å². The number of carbonyl (C=O) groups is 1. The van der Waals surface area contributed by atoms with Gasteiger partial charge in [-0.25, -0.2) is 4.39 Å². The van der Waals surface area contributed by atoms with Crippen LogP contribution >= 0.6 is 0 Å². The molecule has 2 N–H and O–H groups in total. The summed E-state index contributed by atoms with van der Waals surface area (Å²) in [6.45, 7) is 0.147. The van der Waals surface area contributed by atoms with Gasteiger partial charge in [-0.15, -0.1) is 0 Å². The van der Waals surface area contributed by atoms with Crippen LogP contribution < -0.4 is 5.73 Å². The topological polar surface area (TPSA) is 52.3 Å². The summed E-state index contributed by atoms with van der Waals surface area (Å²) >= 11 is 0. The summed E-state index contributed by atoms with van der Waals surface area (Å²) < 4.78 is 18.3. The van der Waals surface area contributed by atoms with Gasteiger partial charge in [0.1, 0.15) is 11.2 Å². The van der Waals surface area contributed by atoms with Crippen LogP contribution in [0, 0.1) is 11.7 Å². The Morgan fingerprint density at radius 1 is 1.56 bits per heavy atom. The molecule has 0 spiro atoms. The second-order valence-electron chi connectivity index (χ2n) is 4.81. The Labute approximate surface area is 106 Å². The summed E-state index contributed by atoms with van der Waals surface area (Å²) in [6, 6.07) is 6.12. The molecule has 0 heterocycles. The number of hydrogen-bond donors (Lipinski definition) is 1. The Bertz CT molecular complexity index is 445. The summed E-state index contributed by atoms with van der Waals surface area (Å²) in [7, 11) is 1.35. The first-order valence-corrected chi connectivity index (χ1v) is 6.19. The highest BCUT2D eigenvalue weighted by molar-refractivity contribution is 5.84. The Balaban J connectivity index is 2.49. The first-order valence-electron chi connectivity index (χ1n) is 6.19. The van der Waals surface area contributed by atoms with Gasteiger partial charge in [0.2, 0.25) is 0 Å². The normalized spacial score (nSPS) is 18.8. The average Bonchev–Trinajstić information content (AvgIpc) is 2.32. The summed E-state index contributed by atoms with van der Waals surface area (Å²) in [5, 5.41) is 0. The SMILES string of the molecule is COC(=O)C(CN)(c1cccc(F)c1)C1CCC1. The molecule has 1 fully saturated rings. The van der Waals surface area contributed by atoms with Gasteiger partial charge in [0.15, 0.2) is 0 Å². The summed E-state index contributed by atoms with van der Waals surface area (Å²) in [6.07, 6.45) is 2.95. The van der Waals surface area contributed by atoms with Crippen LogP contribution in [0.15, 0.2) is 24.3 Å². The minimum atomic E-state index is -0.894. The van der Waals surface area contributed by atoms with E-state index in [1.807, 2.05) is 0 Å². The maximum absolute atomic E-state index is 13.4. The second-order valence-corrected chi connectivity index (χ2v) is 4.81. The summed E-state index contributed by atoms with van der Waals surface area (Å²) in [4.78, 5) is 12.2. The molecule has 98 valence electrons. The summed E-state index contributed by atoms with van der Waals surface area (Å²) in [5.74, 6) is -0.564. The van der Waals surface area contributed by atoms with Gasteiger partial charge in [-0.05, 0) is 36.5 Å². The zero-order valence-electron chi connectivity index (χ0n) is 10.5. The van der Waals surface area contributed by atoms with Crippen LogP contribution in [-0.4, -0.2) is 19.6 Å². The van der Waals surface area contributed by atoms with E-state index in [4.69, 9.17) is 10.5 Å².